The smallest absolute Gasteiger partial charge is 0.279 e. The Labute approximate surface area is 249 Å². The lowest BCUT2D eigenvalue weighted by Gasteiger charge is -2.34. The number of hydrogen-bond donors (Lipinski definition) is 0. The van der Waals surface area contributed by atoms with Gasteiger partial charge in [-0.25, -0.2) is 30.7 Å². The van der Waals surface area contributed by atoms with E-state index in [1.165, 1.54) is 32.1 Å². The molecule has 0 heterocycles. The molecule has 3 unspecified atom stereocenters. The van der Waals surface area contributed by atoms with E-state index in [1.807, 2.05) is 0 Å². The highest BCUT2D eigenvalue weighted by atomic mass is 19.3. The zero-order valence-corrected chi connectivity index (χ0v) is 24.8. The average molecular weight is 619 g/mol. The predicted molar refractivity (Wildman–Crippen MR) is 152 cm³/mol. The first-order valence-corrected chi connectivity index (χ1v) is 15.8. The zero-order chi connectivity index (χ0) is 31.1. The third kappa shape index (κ3) is 8.24. The first kappa shape index (κ1) is 33.6. The van der Waals surface area contributed by atoms with Crippen LogP contribution in [0.15, 0.2) is 18.2 Å². The number of benzene rings is 2. The van der Waals surface area contributed by atoms with Gasteiger partial charge in [-0.15, -0.1) is 0 Å². The van der Waals surface area contributed by atoms with Gasteiger partial charge in [-0.3, -0.25) is 0 Å². The molecular weight excluding hydrogens is 576 g/mol. The second-order valence-electron chi connectivity index (χ2n) is 12.3. The van der Waals surface area contributed by atoms with Crippen molar-refractivity contribution in [2.75, 3.05) is 6.61 Å². The fourth-order valence-electron chi connectivity index (χ4n) is 6.17. The van der Waals surface area contributed by atoms with E-state index in [-0.39, 0.29) is 31.2 Å². The molecule has 0 bridgehead atoms. The quantitative estimate of drug-likeness (QED) is 0.127. The van der Waals surface area contributed by atoms with Gasteiger partial charge in [0.25, 0.3) is 5.92 Å². The summed E-state index contributed by atoms with van der Waals surface area (Å²) in [6.45, 7) is 0.797. The van der Waals surface area contributed by atoms with Gasteiger partial charge in [-0.1, -0.05) is 77.6 Å². The van der Waals surface area contributed by atoms with Crippen LogP contribution in [0.25, 0.3) is 11.1 Å². The Morgan fingerprint density at radius 2 is 1.40 bits per heavy atom. The van der Waals surface area contributed by atoms with E-state index in [0.717, 1.165) is 49.8 Å². The molecule has 2 aromatic rings. The molecule has 240 valence electrons. The average Bonchev–Trinajstić information content (AvgIpc) is 3.80. The molecule has 0 spiro atoms. The van der Waals surface area contributed by atoms with Crippen molar-refractivity contribution in [1.29, 1.82) is 0 Å². The number of rotatable bonds is 17. The Balaban J connectivity index is 1.38. The molecule has 0 N–H and O–H groups in total. The summed E-state index contributed by atoms with van der Waals surface area (Å²) in [5.74, 6) is -11.2. The van der Waals surface area contributed by atoms with E-state index in [2.05, 4.69) is 0 Å². The highest BCUT2D eigenvalue weighted by molar-refractivity contribution is 5.68. The molecule has 1 fully saturated rings. The van der Waals surface area contributed by atoms with Gasteiger partial charge in [0.2, 0.25) is 5.82 Å². The normalized spacial score (nSPS) is 19.2. The van der Waals surface area contributed by atoms with Crippen LogP contribution in [0.5, 0.6) is 5.75 Å². The lowest BCUT2D eigenvalue weighted by Crippen LogP contribution is -2.33. The monoisotopic (exact) mass is 618 g/mol. The third-order valence-electron chi connectivity index (χ3n) is 8.95. The van der Waals surface area contributed by atoms with Crippen molar-refractivity contribution in [3.63, 3.8) is 0 Å². The van der Waals surface area contributed by atoms with Gasteiger partial charge in [0.05, 0.1) is 5.56 Å². The molecule has 4 rings (SSSR count). The third-order valence-corrected chi connectivity index (χ3v) is 8.95. The van der Waals surface area contributed by atoms with E-state index in [0.29, 0.717) is 12.8 Å². The maximum absolute atomic E-state index is 15.5. The molecule has 0 amide bonds. The molecule has 2 aliphatic carbocycles. The highest BCUT2D eigenvalue weighted by Gasteiger charge is 2.48. The second-order valence-corrected chi connectivity index (χ2v) is 12.3. The Kier molecular flexibility index (Phi) is 11.8. The Bertz CT molecular complexity index is 1210. The first-order valence-electron chi connectivity index (χ1n) is 15.8. The number of hydrogen-bond acceptors (Lipinski definition) is 1. The fraction of sp³-hybridized carbons (Fsp3) is 0.647. The van der Waals surface area contributed by atoms with Gasteiger partial charge in [0, 0.05) is 17.0 Å². The minimum Gasteiger partial charge on any atom is -0.487 e. The SMILES string of the molecule is CCCC(F)C(F)COc1ccc(-c2cc3c(c(F)c2F)C(F)(F)C(CCCCCCCCCC2CC2)CC3)c(F)c1F. The van der Waals surface area contributed by atoms with Gasteiger partial charge in [-0.2, -0.15) is 4.39 Å². The van der Waals surface area contributed by atoms with Crippen LogP contribution in [-0.2, 0) is 12.3 Å². The van der Waals surface area contributed by atoms with Crippen molar-refractivity contribution < 1.29 is 39.9 Å². The van der Waals surface area contributed by atoms with Crippen molar-refractivity contribution >= 4 is 0 Å². The molecule has 1 nitrogen and oxygen atoms in total. The molecule has 0 saturated heterocycles. The van der Waals surface area contributed by atoms with E-state index >= 15 is 17.6 Å². The van der Waals surface area contributed by atoms with Crippen molar-refractivity contribution in [3.05, 3.63) is 52.6 Å². The van der Waals surface area contributed by atoms with E-state index in [1.54, 1.807) is 6.92 Å². The van der Waals surface area contributed by atoms with E-state index in [4.69, 9.17) is 4.74 Å². The summed E-state index contributed by atoms with van der Waals surface area (Å²) in [6, 6.07) is 2.75. The van der Waals surface area contributed by atoms with Crippen molar-refractivity contribution in [1.82, 2.24) is 0 Å². The van der Waals surface area contributed by atoms with Gasteiger partial charge >= 0.3 is 0 Å². The zero-order valence-electron chi connectivity index (χ0n) is 24.8. The molecular formula is C34H42F8O. The minimum atomic E-state index is -3.60. The molecule has 0 aromatic heterocycles. The molecule has 1 saturated carbocycles. The van der Waals surface area contributed by atoms with E-state index in [9.17, 15) is 17.6 Å². The van der Waals surface area contributed by atoms with Crippen LogP contribution in [0.4, 0.5) is 35.1 Å². The highest BCUT2D eigenvalue weighted by Crippen LogP contribution is 2.49. The standard InChI is InChI=1S/C34H42F8O/c1-2-10-26(35)27(36)20-43-28-18-17-24(30(37)32(28)39)25-19-22-15-16-23(34(41,42)29(22)33(40)31(25)38)12-9-7-5-3-4-6-8-11-21-13-14-21/h17-19,21,23,26-27H,2-16,20H2,1H3. The number of fused-ring (bicyclic) bond motifs is 1. The summed E-state index contributed by atoms with van der Waals surface area (Å²) in [7, 11) is 0. The van der Waals surface area contributed by atoms with Crippen LogP contribution in [0.2, 0.25) is 0 Å². The summed E-state index contributed by atoms with van der Waals surface area (Å²) in [5, 5.41) is 0. The number of ether oxygens (including phenoxy) is 1. The predicted octanol–water partition coefficient (Wildman–Crippen LogP) is 11.3. The second kappa shape index (κ2) is 15.1. The summed E-state index contributed by atoms with van der Waals surface area (Å²) in [5.41, 5.74) is -2.54. The molecule has 3 atom stereocenters. The number of alkyl halides is 4. The van der Waals surface area contributed by atoms with Crippen LogP contribution in [0.1, 0.15) is 108 Å². The summed E-state index contributed by atoms with van der Waals surface area (Å²) in [4.78, 5) is 0. The number of halogens is 8. The van der Waals surface area contributed by atoms with Gasteiger partial charge in [0.15, 0.2) is 29.4 Å². The fourth-order valence-corrected chi connectivity index (χ4v) is 6.17. The molecule has 43 heavy (non-hydrogen) atoms. The van der Waals surface area contributed by atoms with Gasteiger partial charge in [0.1, 0.15) is 12.8 Å². The van der Waals surface area contributed by atoms with E-state index < -0.39 is 76.5 Å². The number of aryl methyl sites for hydroxylation is 1. The number of unbranched alkanes of at least 4 members (excludes halogenated alkanes) is 6. The Hall–Kier alpha value is -2.32. The maximum Gasteiger partial charge on any atom is 0.279 e. The molecule has 0 aliphatic heterocycles. The lowest BCUT2D eigenvalue weighted by molar-refractivity contribution is -0.0823. The Morgan fingerprint density at radius 1 is 0.767 bits per heavy atom. The summed E-state index contributed by atoms with van der Waals surface area (Å²) < 4.78 is 123. The van der Waals surface area contributed by atoms with Gasteiger partial charge < -0.3 is 4.74 Å². The Morgan fingerprint density at radius 3 is 2.05 bits per heavy atom. The summed E-state index contributed by atoms with van der Waals surface area (Å²) >= 11 is 0. The van der Waals surface area contributed by atoms with Crippen LogP contribution in [-0.4, -0.2) is 19.0 Å². The van der Waals surface area contributed by atoms with Crippen LogP contribution in [0, 0.1) is 35.1 Å². The van der Waals surface area contributed by atoms with Crippen LogP contribution < -0.4 is 4.74 Å². The molecule has 2 aliphatic rings. The summed E-state index contributed by atoms with van der Waals surface area (Å²) in [6.07, 6.45) is 7.77. The molecule has 0 radical (unpaired) electrons. The maximum atomic E-state index is 15.5. The first-order chi connectivity index (χ1) is 20.6. The van der Waals surface area contributed by atoms with Crippen molar-refractivity contribution in [2.45, 2.75) is 122 Å². The molecule has 9 heteroatoms. The van der Waals surface area contributed by atoms with Crippen molar-refractivity contribution in [3.8, 4) is 16.9 Å². The van der Waals surface area contributed by atoms with Crippen molar-refractivity contribution in [2.24, 2.45) is 11.8 Å². The topological polar surface area (TPSA) is 9.23 Å². The minimum absolute atomic E-state index is 0.0477. The van der Waals surface area contributed by atoms with Gasteiger partial charge in [-0.05, 0) is 55.4 Å². The largest absolute Gasteiger partial charge is 0.487 e. The van der Waals surface area contributed by atoms with Crippen LogP contribution in [0.3, 0.4) is 0 Å². The van der Waals surface area contributed by atoms with Crippen LogP contribution >= 0.6 is 0 Å². The molecule has 2 aromatic carbocycles. The lowest BCUT2D eigenvalue weighted by atomic mass is 9.77.